The second kappa shape index (κ2) is 8.26. The number of ether oxygens (including phenoxy) is 1. The van der Waals surface area contributed by atoms with Crippen molar-refractivity contribution < 1.29 is 23.5 Å². The molecule has 0 saturated carbocycles. The number of carbonyl (C=O) groups excluding carboxylic acids is 3. The molecule has 0 spiro atoms. The van der Waals surface area contributed by atoms with Crippen molar-refractivity contribution >= 4 is 39.9 Å². The van der Waals surface area contributed by atoms with Crippen molar-refractivity contribution in [3.05, 3.63) is 41.2 Å². The molecular weight excluding hydrogens is 373 g/mol. The Bertz CT molecular complexity index is 853. The summed E-state index contributed by atoms with van der Waals surface area (Å²) >= 11 is 1.21. The van der Waals surface area contributed by atoms with Gasteiger partial charge in [-0.3, -0.25) is 14.4 Å². The molecule has 2 heterocycles. The Kier molecular flexibility index (Phi) is 5.80. The third-order valence-corrected chi connectivity index (χ3v) is 4.85. The predicted octanol–water partition coefficient (Wildman–Crippen LogP) is 2.38. The van der Waals surface area contributed by atoms with Gasteiger partial charge >= 0.3 is 5.97 Å². The molecule has 1 aliphatic rings. The molecule has 0 radical (unpaired) electrons. The Morgan fingerprint density at radius 1 is 1.37 bits per heavy atom. The first-order valence-electron chi connectivity index (χ1n) is 8.43. The highest BCUT2D eigenvalue weighted by atomic mass is 32.1. The molecule has 1 aliphatic heterocycles. The zero-order valence-corrected chi connectivity index (χ0v) is 15.4. The van der Waals surface area contributed by atoms with Crippen molar-refractivity contribution in [3.8, 4) is 0 Å². The minimum atomic E-state index is -0.528. The minimum absolute atomic E-state index is 0.0421. The number of hydrogen-bond donors (Lipinski definition) is 1. The van der Waals surface area contributed by atoms with E-state index in [0.29, 0.717) is 23.1 Å². The molecule has 0 unspecified atom stereocenters. The third-order valence-electron chi connectivity index (χ3n) is 4.05. The van der Waals surface area contributed by atoms with Gasteiger partial charge in [0.05, 0.1) is 24.6 Å². The van der Waals surface area contributed by atoms with Crippen LogP contribution >= 0.6 is 11.3 Å². The lowest BCUT2D eigenvalue weighted by molar-refractivity contribution is -0.142. The second-order valence-corrected chi connectivity index (χ2v) is 6.85. The molecule has 1 N–H and O–H groups in total. The molecule has 9 heteroatoms. The van der Waals surface area contributed by atoms with Crippen LogP contribution in [-0.2, 0) is 25.5 Å². The molecule has 1 saturated heterocycles. The fourth-order valence-electron chi connectivity index (χ4n) is 2.77. The second-order valence-electron chi connectivity index (χ2n) is 6.00. The standard InChI is InChI=1S/C18H18FN3O4S/c1-2-26-16(24)8-13-10-27-18(20-13)21-17(25)11-7-15(23)22(9-11)14-5-3-12(19)4-6-14/h3-6,10-11H,2,7-9H2,1H3,(H,20,21,25)/t11-/m0/s1. The lowest BCUT2D eigenvalue weighted by Gasteiger charge is -2.16. The van der Waals surface area contributed by atoms with Gasteiger partial charge in [0.2, 0.25) is 11.8 Å². The summed E-state index contributed by atoms with van der Waals surface area (Å²) in [6.45, 7) is 2.24. The van der Waals surface area contributed by atoms with Gasteiger partial charge in [-0.15, -0.1) is 11.3 Å². The average Bonchev–Trinajstić information content (AvgIpc) is 3.22. The molecule has 3 rings (SSSR count). The summed E-state index contributed by atoms with van der Waals surface area (Å²) in [6.07, 6.45) is 0.116. The molecule has 2 aromatic rings. The van der Waals surface area contributed by atoms with E-state index in [9.17, 15) is 18.8 Å². The van der Waals surface area contributed by atoms with Crippen molar-refractivity contribution in [1.29, 1.82) is 0 Å². The lowest BCUT2D eigenvalue weighted by atomic mass is 10.1. The molecule has 142 valence electrons. The van der Waals surface area contributed by atoms with Gasteiger partial charge < -0.3 is 15.0 Å². The summed E-state index contributed by atoms with van der Waals surface area (Å²) in [6, 6.07) is 5.57. The van der Waals surface area contributed by atoms with Gasteiger partial charge in [-0.2, -0.15) is 0 Å². The number of hydrogen-bond acceptors (Lipinski definition) is 6. The van der Waals surface area contributed by atoms with Crippen LogP contribution in [-0.4, -0.2) is 35.9 Å². The average molecular weight is 391 g/mol. The van der Waals surface area contributed by atoms with Gasteiger partial charge in [-0.1, -0.05) is 0 Å². The molecule has 7 nitrogen and oxygen atoms in total. The molecule has 2 amide bonds. The molecule has 27 heavy (non-hydrogen) atoms. The number of carbonyl (C=O) groups is 3. The Balaban J connectivity index is 1.59. The van der Waals surface area contributed by atoms with Crippen molar-refractivity contribution in [2.45, 2.75) is 19.8 Å². The maximum atomic E-state index is 13.0. The van der Waals surface area contributed by atoms with E-state index in [-0.39, 0.29) is 43.0 Å². The fraction of sp³-hybridized carbons (Fsp3) is 0.333. The zero-order valence-electron chi connectivity index (χ0n) is 14.6. The molecule has 1 aromatic heterocycles. The molecule has 1 atom stereocenters. The molecule has 0 aliphatic carbocycles. The fourth-order valence-corrected chi connectivity index (χ4v) is 3.48. The third kappa shape index (κ3) is 4.68. The highest BCUT2D eigenvalue weighted by molar-refractivity contribution is 7.13. The normalized spacial score (nSPS) is 16.4. The van der Waals surface area contributed by atoms with Crippen molar-refractivity contribution in [2.24, 2.45) is 5.92 Å². The maximum Gasteiger partial charge on any atom is 0.311 e. The smallest absolute Gasteiger partial charge is 0.311 e. The van der Waals surface area contributed by atoms with Crippen molar-refractivity contribution in [2.75, 3.05) is 23.4 Å². The molecule has 1 aromatic carbocycles. The SMILES string of the molecule is CCOC(=O)Cc1csc(NC(=O)[C@H]2CC(=O)N(c3ccc(F)cc3)C2)n1. The van der Waals surface area contributed by atoms with Crippen LogP contribution in [0, 0.1) is 11.7 Å². The Morgan fingerprint density at radius 2 is 2.11 bits per heavy atom. The zero-order chi connectivity index (χ0) is 19.4. The van der Waals surface area contributed by atoms with Crippen LogP contribution in [0.3, 0.4) is 0 Å². The van der Waals surface area contributed by atoms with E-state index in [1.54, 1.807) is 12.3 Å². The number of amides is 2. The number of benzene rings is 1. The summed E-state index contributed by atoms with van der Waals surface area (Å²) < 4.78 is 17.9. The lowest BCUT2D eigenvalue weighted by Crippen LogP contribution is -2.28. The Labute approximate surface area is 159 Å². The quantitative estimate of drug-likeness (QED) is 0.764. The van der Waals surface area contributed by atoms with Crippen molar-refractivity contribution in [3.63, 3.8) is 0 Å². The van der Waals surface area contributed by atoms with Gasteiger partial charge in [0.1, 0.15) is 5.82 Å². The molecule has 1 fully saturated rings. The number of rotatable bonds is 6. The van der Waals surface area contributed by atoms with E-state index in [1.165, 1.54) is 40.5 Å². The van der Waals surface area contributed by atoms with Crippen LogP contribution in [0.4, 0.5) is 15.2 Å². The van der Waals surface area contributed by atoms with Gasteiger partial charge in [0.15, 0.2) is 5.13 Å². The van der Waals surface area contributed by atoms with Crippen LogP contribution in [0.25, 0.3) is 0 Å². The summed E-state index contributed by atoms with van der Waals surface area (Å²) in [5.41, 5.74) is 1.08. The number of thiazole rings is 1. The Morgan fingerprint density at radius 3 is 2.81 bits per heavy atom. The first-order valence-corrected chi connectivity index (χ1v) is 9.31. The van der Waals surface area contributed by atoms with Gasteiger partial charge in [0, 0.05) is 24.0 Å². The van der Waals surface area contributed by atoms with E-state index in [2.05, 4.69) is 10.3 Å². The van der Waals surface area contributed by atoms with Crippen LogP contribution in [0.15, 0.2) is 29.6 Å². The van der Waals surface area contributed by atoms with E-state index in [4.69, 9.17) is 4.74 Å². The minimum Gasteiger partial charge on any atom is -0.466 e. The van der Waals surface area contributed by atoms with Crippen molar-refractivity contribution in [1.82, 2.24) is 4.98 Å². The highest BCUT2D eigenvalue weighted by Crippen LogP contribution is 2.26. The monoisotopic (exact) mass is 391 g/mol. The number of nitrogens with one attached hydrogen (secondary N) is 1. The van der Waals surface area contributed by atoms with Gasteiger partial charge in [0.25, 0.3) is 0 Å². The van der Waals surface area contributed by atoms with Crippen LogP contribution in [0.2, 0.25) is 0 Å². The maximum absolute atomic E-state index is 13.0. The highest BCUT2D eigenvalue weighted by Gasteiger charge is 2.35. The summed E-state index contributed by atoms with van der Waals surface area (Å²) in [7, 11) is 0. The number of halogens is 1. The van der Waals surface area contributed by atoms with Gasteiger partial charge in [-0.05, 0) is 31.2 Å². The summed E-state index contributed by atoms with van der Waals surface area (Å²) in [5.74, 6) is -1.80. The van der Waals surface area contributed by atoms with Crippen LogP contribution < -0.4 is 10.2 Å². The predicted molar refractivity (Wildman–Crippen MR) is 97.9 cm³/mol. The van der Waals surface area contributed by atoms with E-state index in [1.807, 2.05) is 0 Å². The summed E-state index contributed by atoms with van der Waals surface area (Å²) in [4.78, 5) is 41.8. The first kappa shape index (κ1) is 19.0. The largest absolute Gasteiger partial charge is 0.466 e. The van der Waals surface area contributed by atoms with Crippen LogP contribution in [0.5, 0.6) is 0 Å². The first-order chi connectivity index (χ1) is 13.0. The topological polar surface area (TPSA) is 88.6 Å². The summed E-state index contributed by atoms with van der Waals surface area (Å²) in [5, 5.41) is 4.73. The van der Waals surface area contributed by atoms with E-state index < -0.39 is 5.92 Å². The van der Waals surface area contributed by atoms with Gasteiger partial charge in [-0.25, -0.2) is 9.37 Å². The van der Waals surface area contributed by atoms with E-state index in [0.717, 1.165) is 0 Å². The number of nitrogens with zero attached hydrogens (tertiary/aromatic N) is 2. The molecule has 0 bridgehead atoms. The molecular formula is C18H18FN3O4S. The van der Waals surface area contributed by atoms with E-state index >= 15 is 0 Å². The number of anilines is 2. The number of esters is 1. The Hall–Kier alpha value is -2.81. The number of aromatic nitrogens is 1. The van der Waals surface area contributed by atoms with Crippen LogP contribution in [0.1, 0.15) is 19.0 Å².